The zero-order chi connectivity index (χ0) is 12.1. The van der Waals surface area contributed by atoms with Crippen molar-refractivity contribution in [2.24, 2.45) is 0 Å². The van der Waals surface area contributed by atoms with Crippen molar-refractivity contribution < 1.29 is 14.7 Å². The van der Waals surface area contributed by atoms with E-state index in [1.807, 2.05) is 0 Å². The fourth-order valence-corrected chi connectivity index (χ4v) is 1.40. The fraction of sp³-hybridized carbons (Fsp3) is 0.273. The van der Waals surface area contributed by atoms with Crippen molar-refractivity contribution in [2.75, 3.05) is 0 Å². The van der Waals surface area contributed by atoms with Crippen molar-refractivity contribution in [3.63, 3.8) is 0 Å². The highest BCUT2D eigenvalue weighted by molar-refractivity contribution is 6.30. The monoisotopic (exact) mass is 241 g/mol. The fourth-order valence-electron chi connectivity index (χ4n) is 1.21. The molecule has 0 unspecified atom stereocenters. The van der Waals surface area contributed by atoms with Gasteiger partial charge >= 0.3 is 5.97 Å². The van der Waals surface area contributed by atoms with Crippen LogP contribution in [-0.2, 0) is 4.79 Å². The number of carboxylic acids is 1. The molecule has 1 atom stereocenters. The predicted molar refractivity (Wildman–Crippen MR) is 60.6 cm³/mol. The Balaban J connectivity index is 2.75. The third-order valence-electron chi connectivity index (χ3n) is 2.10. The third kappa shape index (κ3) is 3.24. The first-order chi connectivity index (χ1) is 7.54. The van der Waals surface area contributed by atoms with Crippen LogP contribution >= 0.6 is 11.6 Å². The maximum absolute atomic E-state index is 11.6. The molecule has 0 aliphatic heterocycles. The number of nitrogens with one attached hydrogen (secondary N) is 1. The molecule has 0 spiro atoms. The minimum Gasteiger partial charge on any atom is -0.480 e. The molecule has 2 N–H and O–H groups in total. The number of hydrogen-bond acceptors (Lipinski definition) is 2. The Labute approximate surface area is 98.2 Å². The van der Waals surface area contributed by atoms with Crippen LogP contribution in [0.15, 0.2) is 24.3 Å². The van der Waals surface area contributed by atoms with E-state index in [9.17, 15) is 9.59 Å². The molecule has 0 bridgehead atoms. The van der Waals surface area contributed by atoms with E-state index in [1.165, 1.54) is 6.07 Å². The van der Waals surface area contributed by atoms with Crippen LogP contribution in [0.3, 0.4) is 0 Å². The number of hydrogen-bond donors (Lipinski definition) is 2. The van der Waals surface area contributed by atoms with E-state index in [0.29, 0.717) is 17.0 Å². The van der Waals surface area contributed by atoms with Gasteiger partial charge < -0.3 is 10.4 Å². The van der Waals surface area contributed by atoms with Crippen molar-refractivity contribution in [2.45, 2.75) is 19.4 Å². The van der Waals surface area contributed by atoms with Gasteiger partial charge in [-0.1, -0.05) is 24.6 Å². The van der Waals surface area contributed by atoms with Crippen molar-refractivity contribution >= 4 is 23.5 Å². The molecule has 16 heavy (non-hydrogen) atoms. The number of carboxylic acid groups (broad SMARTS) is 1. The van der Waals surface area contributed by atoms with Crippen LogP contribution in [0.4, 0.5) is 0 Å². The van der Waals surface area contributed by atoms with Crippen LogP contribution in [0.1, 0.15) is 23.7 Å². The topological polar surface area (TPSA) is 66.4 Å². The molecule has 0 aliphatic carbocycles. The highest BCUT2D eigenvalue weighted by atomic mass is 35.5. The standard InChI is InChI=1S/C11H12ClNO3/c1-2-9(11(15)16)13-10(14)7-4-3-5-8(12)6-7/h3-6,9H,2H2,1H3,(H,13,14)(H,15,16)/t9-/m0/s1. The summed E-state index contributed by atoms with van der Waals surface area (Å²) < 4.78 is 0. The lowest BCUT2D eigenvalue weighted by Crippen LogP contribution is -2.40. The van der Waals surface area contributed by atoms with Gasteiger partial charge in [-0.2, -0.15) is 0 Å². The minimum atomic E-state index is -1.04. The molecule has 1 rings (SSSR count). The van der Waals surface area contributed by atoms with Crippen molar-refractivity contribution in [3.05, 3.63) is 34.9 Å². The van der Waals surface area contributed by atoms with Crippen molar-refractivity contribution in [1.29, 1.82) is 0 Å². The second-order valence-corrected chi connectivity index (χ2v) is 3.72. The summed E-state index contributed by atoms with van der Waals surface area (Å²) in [5.74, 6) is -1.48. The molecule has 1 aromatic rings. The molecular formula is C11H12ClNO3. The van der Waals surface area contributed by atoms with Crippen LogP contribution in [0.5, 0.6) is 0 Å². The quantitative estimate of drug-likeness (QED) is 0.847. The normalized spacial score (nSPS) is 11.9. The average Bonchev–Trinajstić information content (AvgIpc) is 2.25. The highest BCUT2D eigenvalue weighted by Crippen LogP contribution is 2.10. The van der Waals surface area contributed by atoms with Crippen LogP contribution in [0, 0.1) is 0 Å². The summed E-state index contributed by atoms with van der Waals surface area (Å²) in [5.41, 5.74) is 0.354. The van der Waals surface area contributed by atoms with E-state index in [0.717, 1.165) is 0 Å². The Morgan fingerprint density at radius 2 is 2.19 bits per heavy atom. The zero-order valence-corrected chi connectivity index (χ0v) is 9.49. The number of amides is 1. The second kappa shape index (κ2) is 5.51. The van der Waals surface area contributed by atoms with Gasteiger partial charge in [0, 0.05) is 10.6 Å². The van der Waals surface area contributed by atoms with Gasteiger partial charge in [0.25, 0.3) is 5.91 Å². The van der Waals surface area contributed by atoms with Gasteiger partial charge in [0.05, 0.1) is 0 Å². The van der Waals surface area contributed by atoms with E-state index in [4.69, 9.17) is 16.7 Å². The lowest BCUT2D eigenvalue weighted by molar-refractivity contribution is -0.139. The smallest absolute Gasteiger partial charge is 0.326 e. The molecule has 5 heteroatoms. The van der Waals surface area contributed by atoms with E-state index >= 15 is 0 Å². The lowest BCUT2D eigenvalue weighted by Gasteiger charge is -2.12. The SMILES string of the molecule is CC[C@H](NC(=O)c1cccc(Cl)c1)C(=O)O. The maximum Gasteiger partial charge on any atom is 0.326 e. The maximum atomic E-state index is 11.6. The first-order valence-electron chi connectivity index (χ1n) is 4.83. The Morgan fingerprint density at radius 3 is 2.69 bits per heavy atom. The number of aliphatic carboxylic acids is 1. The van der Waals surface area contributed by atoms with Crippen molar-refractivity contribution in [1.82, 2.24) is 5.32 Å². The predicted octanol–water partition coefficient (Wildman–Crippen LogP) is 1.93. The molecule has 0 heterocycles. The molecule has 86 valence electrons. The Hall–Kier alpha value is -1.55. The Bertz CT molecular complexity index is 406. The van der Waals surface area contributed by atoms with Crippen LogP contribution in [0.2, 0.25) is 5.02 Å². The first kappa shape index (κ1) is 12.5. The van der Waals surface area contributed by atoms with Gasteiger partial charge in [-0.25, -0.2) is 4.79 Å². The third-order valence-corrected chi connectivity index (χ3v) is 2.33. The number of benzene rings is 1. The number of carbonyl (C=O) groups excluding carboxylic acids is 1. The number of rotatable bonds is 4. The molecule has 1 amide bonds. The molecule has 0 aromatic heterocycles. The van der Waals surface area contributed by atoms with Crippen molar-refractivity contribution in [3.8, 4) is 0 Å². The molecular weight excluding hydrogens is 230 g/mol. The molecule has 4 nitrogen and oxygen atoms in total. The Kier molecular flexibility index (Phi) is 4.31. The summed E-state index contributed by atoms with van der Waals surface area (Å²) in [6.45, 7) is 1.69. The zero-order valence-electron chi connectivity index (χ0n) is 8.74. The van der Waals surface area contributed by atoms with Gasteiger partial charge in [0.1, 0.15) is 6.04 Å². The second-order valence-electron chi connectivity index (χ2n) is 3.28. The lowest BCUT2D eigenvalue weighted by atomic mass is 10.1. The van der Waals surface area contributed by atoms with E-state index in [1.54, 1.807) is 25.1 Å². The van der Waals surface area contributed by atoms with Gasteiger partial charge in [0.15, 0.2) is 0 Å². The molecule has 0 radical (unpaired) electrons. The van der Waals surface area contributed by atoms with Crippen LogP contribution < -0.4 is 5.32 Å². The van der Waals surface area contributed by atoms with Gasteiger partial charge in [-0.15, -0.1) is 0 Å². The molecule has 0 saturated carbocycles. The van der Waals surface area contributed by atoms with Gasteiger partial charge in [0.2, 0.25) is 0 Å². The van der Waals surface area contributed by atoms with E-state index in [-0.39, 0.29) is 0 Å². The summed E-state index contributed by atoms with van der Waals surface area (Å²) in [7, 11) is 0. The molecule has 0 aliphatic rings. The molecule has 0 saturated heterocycles. The first-order valence-corrected chi connectivity index (χ1v) is 5.21. The molecule has 1 aromatic carbocycles. The van der Waals surface area contributed by atoms with E-state index < -0.39 is 17.9 Å². The highest BCUT2D eigenvalue weighted by Gasteiger charge is 2.18. The van der Waals surface area contributed by atoms with Crippen LogP contribution in [0.25, 0.3) is 0 Å². The van der Waals surface area contributed by atoms with Gasteiger partial charge in [-0.3, -0.25) is 4.79 Å². The summed E-state index contributed by atoms with van der Waals surface area (Å²) in [6, 6.07) is 5.49. The summed E-state index contributed by atoms with van der Waals surface area (Å²) in [5, 5.41) is 11.6. The Morgan fingerprint density at radius 1 is 1.50 bits per heavy atom. The minimum absolute atomic E-state index is 0.335. The van der Waals surface area contributed by atoms with Crippen LogP contribution in [-0.4, -0.2) is 23.0 Å². The summed E-state index contributed by atoms with van der Waals surface area (Å²) >= 11 is 5.73. The summed E-state index contributed by atoms with van der Waals surface area (Å²) in [4.78, 5) is 22.4. The van der Waals surface area contributed by atoms with Gasteiger partial charge in [-0.05, 0) is 24.6 Å². The molecule has 0 fully saturated rings. The summed E-state index contributed by atoms with van der Waals surface area (Å²) in [6.07, 6.45) is 0.335. The van der Waals surface area contributed by atoms with E-state index in [2.05, 4.69) is 5.32 Å². The number of halogens is 1. The number of carbonyl (C=O) groups is 2. The average molecular weight is 242 g/mol. The largest absolute Gasteiger partial charge is 0.480 e.